The molecule has 0 spiro atoms. The molecule has 5 heteroatoms. The molecule has 1 aliphatic heterocycles. The molecule has 0 radical (unpaired) electrons. The molecule has 0 bridgehead atoms. The van der Waals surface area contributed by atoms with Crippen molar-refractivity contribution in [2.24, 2.45) is 5.92 Å². The summed E-state index contributed by atoms with van der Waals surface area (Å²) in [5.74, 6) is -0.788. The van der Waals surface area contributed by atoms with Crippen LogP contribution in [0.4, 0.5) is 8.78 Å². The Morgan fingerprint density at radius 2 is 2.32 bits per heavy atom. The van der Waals surface area contributed by atoms with Crippen LogP contribution in [0.25, 0.3) is 0 Å². The molecule has 2 atom stereocenters. The van der Waals surface area contributed by atoms with Crippen molar-refractivity contribution in [3.8, 4) is 0 Å². The molecule has 3 nitrogen and oxygen atoms in total. The minimum absolute atomic E-state index is 0.120. The summed E-state index contributed by atoms with van der Waals surface area (Å²) in [6.07, 6.45) is 1.41. The van der Waals surface area contributed by atoms with Crippen LogP contribution in [0, 0.1) is 17.6 Å². The first-order valence-corrected chi connectivity index (χ1v) is 6.51. The fourth-order valence-corrected chi connectivity index (χ4v) is 2.38. The lowest BCUT2D eigenvalue weighted by atomic mass is 10.0. The number of hydrogen-bond acceptors (Lipinski definition) is 2. The van der Waals surface area contributed by atoms with E-state index in [2.05, 4.69) is 10.6 Å². The molecular formula is C14H18F2N2O. The van der Waals surface area contributed by atoms with Gasteiger partial charge in [0.1, 0.15) is 11.6 Å². The van der Waals surface area contributed by atoms with E-state index in [0.717, 1.165) is 37.7 Å². The number of rotatable bonds is 4. The number of amides is 1. The molecule has 1 aliphatic rings. The fraction of sp³-hybridized carbons (Fsp3) is 0.500. The van der Waals surface area contributed by atoms with E-state index >= 15 is 0 Å². The molecule has 1 fully saturated rings. The molecule has 0 aromatic heterocycles. The molecule has 1 aromatic carbocycles. The summed E-state index contributed by atoms with van der Waals surface area (Å²) >= 11 is 0. The van der Waals surface area contributed by atoms with Crippen LogP contribution in [0.2, 0.25) is 0 Å². The second-order valence-electron chi connectivity index (χ2n) is 5.02. The van der Waals surface area contributed by atoms with Crippen molar-refractivity contribution < 1.29 is 13.6 Å². The van der Waals surface area contributed by atoms with E-state index in [4.69, 9.17) is 0 Å². The normalized spacial score (nSPS) is 20.3. The SMILES string of the molecule is CC(NC(=O)CC1CCNC1)c1cc(F)ccc1F. The summed E-state index contributed by atoms with van der Waals surface area (Å²) in [4.78, 5) is 11.8. The zero-order valence-electron chi connectivity index (χ0n) is 10.9. The Morgan fingerprint density at radius 1 is 1.53 bits per heavy atom. The van der Waals surface area contributed by atoms with Gasteiger partial charge >= 0.3 is 0 Å². The first kappa shape index (κ1) is 13.9. The topological polar surface area (TPSA) is 41.1 Å². The number of benzene rings is 1. The highest BCUT2D eigenvalue weighted by molar-refractivity contribution is 5.76. The van der Waals surface area contributed by atoms with E-state index < -0.39 is 17.7 Å². The minimum Gasteiger partial charge on any atom is -0.349 e. The first-order chi connectivity index (χ1) is 9.06. The van der Waals surface area contributed by atoms with Gasteiger partial charge < -0.3 is 10.6 Å². The van der Waals surface area contributed by atoms with Gasteiger partial charge in [-0.1, -0.05) is 0 Å². The average molecular weight is 268 g/mol. The molecule has 1 saturated heterocycles. The van der Waals surface area contributed by atoms with Crippen molar-refractivity contribution in [3.05, 3.63) is 35.4 Å². The zero-order chi connectivity index (χ0) is 13.8. The first-order valence-electron chi connectivity index (χ1n) is 6.51. The van der Waals surface area contributed by atoms with Gasteiger partial charge in [0, 0.05) is 12.0 Å². The lowest BCUT2D eigenvalue weighted by Crippen LogP contribution is -2.29. The van der Waals surface area contributed by atoms with Crippen LogP contribution in [0.15, 0.2) is 18.2 Å². The van der Waals surface area contributed by atoms with Crippen molar-refractivity contribution in [3.63, 3.8) is 0 Å². The molecule has 2 N–H and O–H groups in total. The Balaban J connectivity index is 1.94. The Hall–Kier alpha value is -1.49. The van der Waals surface area contributed by atoms with E-state index in [1.165, 1.54) is 0 Å². The quantitative estimate of drug-likeness (QED) is 0.878. The van der Waals surface area contributed by atoms with Gasteiger partial charge in [-0.15, -0.1) is 0 Å². The Labute approximate surface area is 111 Å². The number of halogens is 2. The Morgan fingerprint density at radius 3 is 3.00 bits per heavy atom. The van der Waals surface area contributed by atoms with Gasteiger partial charge in [0.2, 0.25) is 5.91 Å². The fourth-order valence-electron chi connectivity index (χ4n) is 2.38. The second kappa shape index (κ2) is 6.10. The predicted octanol–water partition coefficient (Wildman–Crippen LogP) is 2.14. The van der Waals surface area contributed by atoms with E-state index in [1.54, 1.807) is 6.92 Å². The van der Waals surface area contributed by atoms with Crippen molar-refractivity contribution in [1.29, 1.82) is 0 Å². The van der Waals surface area contributed by atoms with Gasteiger partial charge in [-0.25, -0.2) is 8.78 Å². The minimum atomic E-state index is -0.530. The molecule has 1 aromatic rings. The Kier molecular flexibility index (Phi) is 4.47. The van der Waals surface area contributed by atoms with E-state index in [9.17, 15) is 13.6 Å². The van der Waals surface area contributed by atoms with Crippen LogP contribution in [0.1, 0.15) is 31.4 Å². The molecule has 19 heavy (non-hydrogen) atoms. The molecule has 0 saturated carbocycles. The smallest absolute Gasteiger partial charge is 0.220 e. The summed E-state index contributed by atoms with van der Waals surface area (Å²) in [7, 11) is 0. The highest BCUT2D eigenvalue weighted by Crippen LogP contribution is 2.19. The highest BCUT2D eigenvalue weighted by Gasteiger charge is 2.20. The highest BCUT2D eigenvalue weighted by atomic mass is 19.1. The monoisotopic (exact) mass is 268 g/mol. The van der Waals surface area contributed by atoms with Crippen LogP contribution in [0.5, 0.6) is 0 Å². The van der Waals surface area contributed by atoms with Crippen molar-refractivity contribution in [2.75, 3.05) is 13.1 Å². The number of nitrogens with one attached hydrogen (secondary N) is 2. The van der Waals surface area contributed by atoms with Crippen molar-refractivity contribution >= 4 is 5.91 Å². The zero-order valence-corrected chi connectivity index (χ0v) is 10.9. The summed E-state index contributed by atoms with van der Waals surface area (Å²) in [5, 5.41) is 5.91. The Bertz CT molecular complexity index is 459. The van der Waals surface area contributed by atoms with Crippen LogP contribution < -0.4 is 10.6 Å². The summed E-state index contributed by atoms with van der Waals surface area (Å²) in [6.45, 7) is 3.44. The molecule has 1 heterocycles. The summed E-state index contributed by atoms with van der Waals surface area (Å²) < 4.78 is 26.6. The lowest BCUT2D eigenvalue weighted by Gasteiger charge is -2.16. The largest absolute Gasteiger partial charge is 0.349 e. The van der Waals surface area contributed by atoms with Gasteiger partial charge in [-0.2, -0.15) is 0 Å². The van der Waals surface area contributed by atoms with E-state index in [0.29, 0.717) is 12.3 Å². The van der Waals surface area contributed by atoms with Crippen LogP contribution >= 0.6 is 0 Å². The van der Waals surface area contributed by atoms with E-state index in [-0.39, 0.29) is 11.5 Å². The van der Waals surface area contributed by atoms with Gasteiger partial charge in [-0.05, 0) is 50.6 Å². The van der Waals surface area contributed by atoms with Gasteiger partial charge in [0.15, 0.2) is 0 Å². The van der Waals surface area contributed by atoms with Crippen molar-refractivity contribution in [1.82, 2.24) is 10.6 Å². The maximum absolute atomic E-state index is 13.5. The van der Waals surface area contributed by atoms with Gasteiger partial charge in [0.25, 0.3) is 0 Å². The van der Waals surface area contributed by atoms with Crippen LogP contribution in [-0.2, 0) is 4.79 Å². The molecule has 0 aliphatic carbocycles. The van der Waals surface area contributed by atoms with Gasteiger partial charge in [0.05, 0.1) is 6.04 Å². The van der Waals surface area contributed by atoms with Gasteiger partial charge in [-0.3, -0.25) is 4.79 Å². The lowest BCUT2D eigenvalue weighted by molar-refractivity contribution is -0.122. The third kappa shape index (κ3) is 3.73. The number of carbonyl (C=O) groups is 1. The second-order valence-corrected chi connectivity index (χ2v) is 5.02. The summed E-state index contributed by atoms with van der Waals surface area (Å²) in [6, 6.07) is 2.74. The van der Waals surface area contributed by atoms with Crippen molar-refractivity contribution in [2.45, 2.75) is 25.8 Å². The third-order valence-electron chi connectivity index (χ3n) is 3.44. The number of hydrogen-bond donors (Lipinski definition) is 2. The number of carbonyl (C=O) groups excluding carboxylic acids is 1. The third-order valence-corrected chi connectivity index (χ3v) is 3.44. The van der Waals surface area contributed by atoms with Crippen LogP contribution in [0.3, 0.4) is 0 Å². The maximum Gasteiger partial charge on any atom is 0.220 e. The standard InChI is InChI=1S/C14H18F2N2O/c1-9(12-7-11(15)2-3-13(12)16)18-14(19)6-10-4-5-17-8-10/h2-3,7,9-10,17H,4-6,8H2,1H3,(H,18,19). The summed E-state index contributed by atoms with van der Waals surface area (Å²) in [5.41, 5.74) is 0.179. The molecule has 1 amide bonds. The molecule has 104 valence electrons. The predicted molar refractivity (Wildman–Crippen MR) is 68.5 cm³/mol. The maximum atomic E-state index is 13.5. The van der Waals surface area contributed by atoms with Crippen LogP contribution in [-0.4, -0.2) is 19.0 Å². The molecular weight excluding hydrogens is 250 g/mol. The van der Waals surface area contributed by atoms with E-state index in [1.807, 2.05) is 0 Å². The molecule has 2 unspecified atom stereocenters. The average Bonchev–Trinajstić information content (AvgIpc) is 2.84. The molecule has 2 rings (SSSR count).